The van der Waals surface area contributed by atoms with Gasteiger partial charge in [-0.25, -0.2) is 0 Å². The lowest BCUT2D eigenvalue weighted by molar-refractivity contribution is -0.274. The molecule has 8 heteroatoms. The third kappa shape index (κ3) is 4.05. The van der Waals surface area contributed by atoms with Crippen molar-refractivity contribution >= 4 is 11.8 Å². The van der Waals surface area contributed by atoms with Gasteiger partial charge in [0, 0.05) is 31.6 Å². The molecule has 1 aromatic carbocycles. The molecule has 0 aromatic heterocycles. The molecule has 0 bridgehead atoms. The van der Waals surface area contributed by atoms with Crippen molar-refractivity contribution in [3.63, 3.8) is 0 Å². The van der Waals surface area contributed by atoms with Crippen LogP contribution in [-0.4, -0.2) is 42.7 Å². The smallest absolute Gasteiger partial charge is 0.406 e. The maximum absolute atomic E-state index is 12.6. The van der Waals surface area contributed by atoms with Crippen molar-refractivity contribution in [2.75, 3.05) is 13.6 Å². The number of amides is 2. The number of alkyl halides is 3. The number of carbonyl (C=O) groups excluding carboxylic acids is 2. The van der Waals surface area contributed by atoms with Crippen molar-refractivity contribution in [2.45, 2.75) is 31.7 Å². The average Bonchev–Trinajstić information content (AvgIpc) is 2.95. The second kappa shape index (κ2) is 6.57. The zero-order valence-electron chi connectivity index (χ0n) is 13.7. The highest BCUT2D eigenvalue weighted by Gasteiger charge is 2.40. The van der Waals surface area contributed by atoms with Gasteiger partial charge in [-0.05, 0) is 48.9 Å². The van der Waals surface area contributed by atoms with Crippen molar-refractivity contribution < 1.29 is 27.5 Å². The molecule has 0 spiro atoms. The standard InChI is InChI=1S/C17H19F3N2O3/c1-22(13-6-11-8-15(23)21-9-12(11)7-13)16(24)10-2-4-14(5-3-10)25-17(18,19)20/h2-5,11-13H,6-9H2,1H3,(H,21,23)/t11-,12+,13-/m1/s1. The van der Waals surface area contributed by atoms with Crippen LogP contribution in [0.4, 0.5) is 13.2 Å². The number of carbonyl (C=O) groups is 2. The van der Waals surface area contributed by atoms with Crippen molar-refractivity contribution in [1.82, 2.24) is 10.2 Å². The van der Waals surface area contributed by atoms with E-state index in [9.17, 15) is 22.8 Å². The van der Waals surface area contributed by atoms with E-state index < -0.39 is 6.36 Å². The van der Waals surface area contributed by atoms with E-state index in [1.165, 1.54) is 12.1 Å². The van der Waals surface area contributed by atoms with Crippen molar-refractivity contribution in [3.8, 4) is 5.75 Å². The second-order valence-electron chi connectivity index (χ2n) is 6.64. The van der Waals surface area contributed by atoms with E-state index in [-0.39, 0.29) is 29.5 Å². The van der Waals surface area contributed by atoms with Gasteiger partial charge in [0.05, 0.1) is 0 Å². The van der Waals surface area contributed by atoms with E-state index in [1.807, 2.05) is 0 Å². The maximum Gasteiger partial charge on any atom is 0.573 e. The van der Waals surface area contributed by atoms with Gasteiger partial charge in [-0.1, -0.05) is 0 Å². The summed E-state index contributed by atoms with van der Waals surface area (Å²) >= 11 is 0. The number of rotatable bonds is 3. The highest BCUT2D eigenvalue weighted by molar-refractivity contribution is 5.94. The van der Waals surface area contributed by atoms with Gasteiger partial charge in [-0.15, -0.1) is 13.2 Å². The number of hydrogen-bond donors (Lipinski definition) is 1. The summed E-state index contributed by atoms with van der Waals surface area (Å²) < 4.78 is 40.3. The molecule has 3 atom stereocenters. The molecular formula is C17H19F3N2O3. The molecule has 1 saturated heterocycles. The molecule has 136 valence electrons. The minimum atomic E-state index is -4.76. The Labute approximate surface area is 143 Å². The number of ether oxygens (including phenoxy) is 1. The molecule has 1 aliphatic carbocycles. The number of nitrogens with zero attached hydrogens (tertiary/aromatic N) is 1. The molecule has 25 heavy (non-hydrogen) atoms. The molecule has 3 rings (SSSR count). The summed E-state index contributed by atoms with van der Waals surface area (Å²) in [6, 6.07) is 4.94. The highest BCUT2D eigenvalue weighted by atomic mass is 19.4. The highest BCUT2D eigenvalue weighted by Crippen LogP contribution is 2.38. The van der Waals surface area contributed by atoms with E-state index in [0.29, 0.717) is 24.4 Å². The molecule has 1 aliphatic heterocycles. The Morgan fingerprint density at radius 1 is 1.20 bits per heavy atom. The summed E-state index contributed by atoms with van der Waals surface area (Å²) in [4.78, 5) is 25.7. The van der Waals surface area contributed by atoms with Crippen LogP contribution in [0.2, 0.25) is 0 Å². The predicted octanol–water partition coefficient (Wildman–Crippen LogP) is 2.57. The Balaban J connectivity index is 1.63. The molecule has 0 radical (unpaired) electrons. The lowest BCUT2D eigenvalue weighted by Crippen LogP contribution is -2.38. The number of nitrogens with one attached hydrogen (secondary N) is 1. The minimum Gasteiger partial charge on any atom is -0.406 e. The zero-order valence-corrected chi connectivity index (χ0v) is 13.7. The third-order valence-electron chi connectivity index (χ3n) is 5.03. The quantitative estimate of drug-likeness (QED) is 0.906. The summed E-state index contributed by atoms with van der Waals surface area (Å²) in [5, 5.41) is 2.85. The van der Waals surface area contributed by atoms with E-state index >= 15 is 0 Å². The van der Waals surface area contributed by atoms with Crippen LogP contribution in [0.3, 0.4) is 0 Å². The van der Waals surface area contributed by atoms with Crippen LogP contribution in [-0.2, 0) is 4.79 Å². The first kappa shape index (κ1) is 17.6. The fourth-order valence-electron chi connectivity index (χ4n) is 3.72. The summed E-state index contributed by atoms with van der Waals surface area (Å²) in [7, 11) is 1.69. The van der Waals surface area contributed by atoms with Crippen molar-refractivity contribution in [3.05, 3.63) is 29.8 Å². The first-order valence-corrected chi connectivity index (χ1v) is 8.12. The largest absolute Gasteiger partial charge is 0.573 e. The lowest BCUT2D eigenvalue weighted by atomic mass is 9.89. The average molecular weight is 356 g/mol. The van der Waals surface area contributed by atoms with Gasteiger partial charge in [0.2, 0.25) is 5.91 Å². The van der Waals surface area contributed by atoms with Gasteiger partial charge < -0.3 is 15.0 Å². The van der Waals surface area contributed by atoms with Crippen LogP contribution < -0.4 is 10.1 Å². The van der Waals surface area contributed by atoms with Crippen LogP contribution in [0.5, 0.6) is 5.75 Å². The number of hydrogen-bond acceptors (Lipinski definition) is 3. The Morgan fingerprint density at radius 2 is 1.84 bits per heavy atom. The first-order chi connectivity index (χ1) is 11.7. The van der Waals surface area contributed by atoms with Crippen LogP contribution >= 0.6 is 0 Å². The zero-order chi connectivity index (χ0) is 18.2. The Morgan fingerprint density at radius 3 is 2.48 bits per heavy atom. The van der Waals surface area contributed by atoms with E-state index in [0.717, 1.165) is 25.0 Å². The summed E-state index contributed by atoms with van der Waals surface area (Å²) in [5.41, 5.74) is 0.307. The molecule has 1 heterocycles. The van der Waals surface area contributed by atoms with Gasteiger partial charge in [-0.3, -0.25) is 9.59 Å². The third-order valence-corrected chi connectivity index (χ3v) is 5.03. The normalized spacial score (nSPS) is 25.9. The van der Waals surface area contributed by atoms with Gasteiger partial charge in [-0.2, -0.15) is 0 Å². The van der Waals surface area contributed by atoms with Crippen LogP contribution in [0.1, 0.15) is 29.6 Å². The molecule has 2 aliphatic rings. The molecule has 0 unspecified atom stereocenters. The van der Waals surface area contributed by atoms with Gasteiger partial charge in [0.1, 0.15) is 5.75 Å². The summed E-state index contributed by atoms with van der Waals surface area (Å²) in [5.74, 6) is 0.109. The maximum atomic E-state index is 12.6. The molecule has 1 saturated carbocycles. The number of benzene rings is 1. The SMILES string of the molecule is CN(C(=O)c1ccc(OC(F)(F)F)cc1)[C@H]1C[C@H]2CNC(=O)C[C@H]2C1. The van der Waals surface area contributed by atoms with Gasteiger partial charge >= 0.3 is 6.36 Å². The lowest BCUT2D eigenvalue weighted by Gasteiger charge is -2.25. The van der Waals surface area contributed by atoms with E-state index in [2.05, 4.69) is 10.1 Å². The fourth-order valence-corrected chi connectivity index (χ4v) is 3.72. The summed E-state index contributed by atoms with van der Waals surface area (Å²) in [6.07, 6.45) is -2.67. The number of fused-ring (bicyclic) bond motifs is 1. The van der Waals surface area contributed by atoms with Crippen LogP contribution in [0.25, 0.3) is 0 Å². The minimum absolute atomic E-state index is 0.0290. The molecular weight excluding hydrogens is 337 g/mol. The molecule has 2 fully saturated rings. The number of piperidine rings is 1. The molecule has 5 nitrogen and oxygen atoms in total. The van der Waals surface area contributed by atoms with E-state index in [4.69, 9.17) is 0 Å². The van der Waals surface area contributed by atoms with Crippen molar-refractivity contribution in [1.29, 1.82) is 0 Å². The number of halogens is 3. The van der Waals surface area contributed by atoms with Gasteiger partial charge in [0.25, 0.3) is 5.91 Å². The Hall–Kier alpha value is -2.25. The Kier molecular flexibility index (Phi) is 4.62. The first-order valence-electron chi connectivity index (χ1n) is 8.12. The van der Waals surface area contributed by atoms with Crippen LogP contribution in [0.15, 0.2) is 24.3 Å². The van der Waals surface area contributed by atoms with E-state index in [1.54, 1.807) is 11.9 Å². The molecule has 2 amide bonds. The molecule has 1 N–H and O–H groups in total. The topological polar surface area (TPSA) is 58.6 Å². The molecule has 1 aromatic rings. The predicted molar refractivity (Wildman–Crippen MR) is 82.8 cm³/mol. The Bertz CT molecular complexity index is 660. The fraction of sp³-hybridized carbons (Fsp3) is 0.529. The monoisotopic (exact) mass is 356 g/mol. The van der Waals surface area contributed by atoms with Crippen LogP contribution in [0, 0.1) is 11.8 Å². The van der Waals surface area contributed by atoms with Crippen molar-refractivity contribution in [2.24, 2.45) is 11.8 Å². The second-order valence-corrected chi connectivity index (χ2v) is 6.64. The summed E-state index contributed by atoms with van der Waals surface area (Å²) in [6.45, 7) is 0.644. The van der Waals surface area contributed by atoms with Gasteiger partial charge in [0.15, 0.2) is 0 Å².